The Balaban J connectivity index is 1.70. The number of aromatic nitrogens is 2. The Bertz CT molecular complexity index is 972. The molecular weight excluding hydrogens is 378 g/mol. The maximum absolute atomic E-state index is 12.9. The number of imidazole rings is 1. The second-order valence-electron chi connectivity index (χ2n) is 7.68. The summed E-state index contributed by atoms with van der Waals surface area (Å²) < 4.78 is 14.9. The molecule has 0 saturated heterocycles. The SMILES string of the molecule is CCCC(C)Oc1ccc(-n2ccn(-c3ccc(OCCN(C)C)cc3)c2=O)cc1. The molecule has 3 aromatic rings. The Morgan fingerprint density at radius 2 is 1.43 bits per heavy atom. The molecule has 0 radical (unpaired) electrons. The summed E-state index contributed by atoms with van der Waals surface area (Å²) in [5.74, 6) is 1.61. The molecule has 1 atom stereocenters. The third kappa shape index (κ3) is 5.54. The molecule has 0 saturated carbocycles. The van der Waals surface area contributed by atoms with E-state index in [9.17, 15) is 4.79 Å². The molecule has 0 N–H and O–H groups in total. The summed E-state index contributed by atoms with van der Waals surface area (Å²) in [6, 6.07) is 15.2. The van der Waals surface area contributed by atoms with Crippen LogP contribution in [0, 0.1) is 0 Å². The van der Waals surface area contributed by atoms with E-state index in [0.717, 1.165) is 42.3 Å². The van der Waals surface area contributed by atoms with Crippen LogP contribution >= 0.6 is 0 Å². The predicted octanol–water partition coefficient (Wildman–Crippen LogP) is 4.14. The van der Waals surface area contributed by atoms with E-state index in [-0.39, 0.29) is 11.8 Å². The molecule has 0 amide bonds. The number of ether oxygens (including phenoxy) is 2. The third-order valence-corrected chi connectivity index (χ3v) is 4.85. The van der Waals surface area contributed by atoms with Gasteiger partial charge in [-0.05, 0) is 76.0 Å². The van der Waals surface area contributed by atoms with Crippen molar-refractivity contribution in [3.8, 4) is 22.9 Å². The van der Waals surface area contributed by atoms with Crippen LogP contribution in [0.4, 0.5) is 0 Å². The molecule has 0 spiro atoms. The predicted molar refractivity (Wildman–Crippen MR) is 120 cm³/mol. The highest BCUT2D eigenvalue weighted by molar-refractivity contribution is 5.40. The summed E-state index contributed by atoms with van der Waals surface area (Å²) in [5, 5.41) is 0. The first-order valence-corrected chi connectivity index (χ1v) is 10.4. The minimum atomic E-state index is -0.121. The van der Waals surface area contributed by atoms with Gasteiger partial charge < -0.3 is 14.4 Å². The fourth-order valence-corrected chi connectivity index (χ4v) is 3.20. The lowest BCUT2D eigenvalue weighted by atomic mass is 10.2. The first-order valence-electron chi connectivity index (χ1n) is 10.4. The lowest BCUT2D eigenvalue weighted by molar-refractivity contribution is 0.210. The largest absolute Gasteiger partial charge is 0.492 e. The zero-order chi connectivity index (χ0) is 21.5. The van der Waals surface area contributed by atoms with E-state index >= 15 is 0 Å². The van der Waals surface area contributed by atoms with Crippen LogP contribution < -0.4 is 15.2 Å². The van der Waals surface area contributed by atoms with Gasteiger partial charge in [-0.3, -0.25) is 9.13 Å². The maximum atomic E-state index is 12.9. The van der Waals surface area contributed by atoms with Crippen molar-refractivity contribution in [3.05, 3.63) is 71.4 Å². The molecule has 2 aromatic carbocycles. The number of hydrogen-bond donors (Lipinski definition) is 0. The summed E-state index contributed by atoms with van der Waals surface area (Å²) in [7, 11) is 4.02. The van der Waals surface area contributed by atoms with Crippen molar-refractivity contribution < 1.29 is 9.47 Å². The van der Waals surface area contributed by atoms with E-state index in [1.807, 2.05) is 62.6 Å². The molecule has 6 heteroatoms. The highest BCUT2D eigenvalue weighted by atomic mass is 16.5. The highest BCUT2D eigenvalue weighted by Gasteiger charge is 2.09. The third-order valence-electron chi connectivity index (χ3n) is 4.85. The molecule has 160 valence electrons. The van der Waals surface area contributed by atoms with Crippen LogP contribution in [-0.4, -0.2) is 47.4 Å². The van der Waals surface area contributed by atoms with E-state index < -0.39 is 0 Å². The van der Waals surface area contributed by atoms with Crippen molar-refractivity contribution in [2.24, 2.45) is 0 Å². The van der Waals surface area contributed by atoms with Gasteiger partial charge in [0.15, 0.2) is 0 Å². The first-order chi connectivity index (χ1) is 14.5. The zero-order valence-corrected chi connectivity index (χ0v) is 18.2. The minimum absolute atomic E-state index is 0.121. The summed E-state index contributed by atoms with van der Waals surface area (Å²) >= 11 is 0. The van der Waals surface area contributed by atoms with Crippen molar-refractivity contribution >= 4 is 0 Å². The smallest absolute Gasteiger partial charge is 0.337 e. The van der Waals surface area contributed by atoms with Crippen LogP contribution in [0.2, 0.25) is 0 Å². The van der Waals surface area contributed by atoms with Crippen LogP contribution in [0.15, 0.2) is 65.7 Å². The molecule has 6 nitrogen and oxygen atoms in total. The van der Waals surface area contributed by atoms with Crippen LogP contribution in [0.5, 0.6) is 11.5 Å². The molecule has 30 heavy (non-hydrogen) atoms. The molecule has 0 fully saturated rings. The quantitative estimate of drug-likeness (QED) is 0.505. The van der Waals surface area contributed by atoms with Gasteiger partial charge in [0.25, 0.3) is 0 Å². The maximum Gasteiger partial charge on any atom is 0.337 e. The Morgan fingerprint density at radius 1 is 0.900 bits per heavy atom. The van der Waals surface area contributed by atoms with Gasteiger partial charge in [0.05, 0.1) is 17.5 Å². The molecule has 1 aromatic heterocycles. The van der Waals surface area contributed by atoms with E-state index in [4.69, 9.17) is 9.47 Å². The molecule has 1 unspecified atom stereocenters. The molecule has 3 rings (SSSR count). The van der Waals surface area contributed by atoms with E-state index in [1.54, 1.807) is 21.5 Å². The summed E-state index contributed by atoms with van der Waals surface area (Å²) in [5.41, 5.74) is 1.48. The van der Waals surface area contributed by atoms with Gasteiger partial charge in [0.2, 0.25) is 0 Å². The Hall–Kier alpha value is -2.99. The number of rotatable bonds is 10. The lowest BCUT2D eigenvalue weighted by Crippen LogP contribution is -2.21. The average molecular weight is 410 g/mol. The number of likely N-dealkylation sites (N-methyl/N-ethyl adjacent to an activating group) is 1. The number of hydrogen-bond acceptors (Lipinski definition) is 4. The Kier molecular flexibility index (Phi) is 7.36. The monoisotopic (exact) mass is 409 g/mol. The van der Waals surface area contributed by atoms with Crippen molar-refractivity contribution in [1.29, 1.82) is 0 Å². The summed E-state index contributed by atoms with van der Waals surface area (Å²) in [6.45, 7) is 5.69. The second-order valence-corrected chi connectivity index (χ2v) is 7.68. The summed E-state index contributed by atoms with van der Waals surface area (Å²) in [6.07, 6.45) is 5.84. The number of nitrogens with zero attached hydrogens (tertiary/aromatic N) is 3. The van der Waals surface area contributed by atoms with Gasteiger partial charge in [-0.2, -0.15) is 0 Å². The van der Waals surface area contributed by atoms with E-state index in [0.29, 0.717) is 6.61 Å². The first kappa shape index (κ1) is 21.7. The van der Waals surface area contributed by atoms with Gasteiger partial charge in [-0.25, -0.2) is 4.79 Å². The van der Waals surface area contributed by atoms with E-state index in [2.05, 4.69) is 18.7 Å². The van der Waals surface area contributed by atoms with Crippen molar-refractivity contribution in [3.63, 3.8) is 0 Å². The average Bonchev–Trinajstić information content (AvgIpc) is 3.10. The Morgan fingerprint density at radius 3 is 1.93 bits per heavy atom. The normalized spacial score (nSPS) is 12.2. The molecule has 0 bridgehead atoms. The Labute approximate surface area is 178 Å². The standard InChI is InChI=1S/C24H31N3O3/c1-5-6-19(2)30-23-13-9-21(10-14-23)27-16-15-26(24(27)28)20-7-11-22(12-8-20)29-18-17-25(3)4/h7-16,19H,5-6,17-18H2,1-4H3. The van der Waals surface area contributed by atoms with Gasteiger partial charge in [0, 0.05) is 18.9 Å². The highest BCUT2D eigenvalue weighted by Crippen LogP contribution is 2.18. The van der Waals surface area contributed by atoms with Crippen LogP contribution in [0.3, 0.4) is 0 Å². The van der Waals surface area contributed by atoms with Gasteiger partial charge >= 0.3 is 5.69 Å². The van der Waals surface area contributed by atoms with E-state index in [1.165, 1.54) is 0 Å². The van der Waals surface area contributed by atoms with Crippen molar-refractivity contribution in [2.75, 3.05) is 27.2 Å². The minimum Gasteiger partial charge on any atom is -0.492 e. The zero-order valence-electron chi connectivity index (χ0n) is 18.2. The van der Waals surface area contributed by atoms with Crippen LogP contribution in [0.25, 0.3) is 11.4 Å². The van der Waals surface area contributed by atoms with Crippen molar-refractivity contribution in [2.45, 2.75) is 32.8 Å². The molecular formula is C24H31N3O3. The molecule has 1 heterocycles. The van der Waals surface area contributed by atoms with Gasteiger partial charge in [-0.1, -0.05) is 13.3 Å². The van der Waals surface area contributed by atoms with Gasteiger partial charge in [0.1, 0.15) is 18.1 Å². The molecule has 0 aliphatic rings. The second kappa shape index (κ2) is 10.2. The fourth-order valence-electron chi connectivity index (χ4n) is 3.20. The summed E-state index contributed by atoms with van der Waals surface area (Å²) in [4.78, 5) is 15.0. The van der Waals surface area contributed by atoms with Gasteiger partial charge in [-0.15, -0.1) is 0 Å². The van der Waals surface area contributed by atoms with Crippen molar-refractivity contribution in [1.82, 2.24) is 14.0 Å². The lowest BCUT2D eigenvalue weighted by Gasteiger charge is -2.14. The molecule has 0 aliphatic heterocycles. The number of benzene rings is 2. The fraction of sp³-hybridized carbons (Fsp3) is 0.375. The van der Waals surface area contributed by atoms with Crippen LogP contribution in [-0.2, 0) is 0 Å². The topological polar surface area (TPSA) is 48.6 Å². The van der Waals surface area contributed by atoms with Crippen LogP contribution in [0.1, 0.15) is 26.7 Å². The molecule has 0 aliphatic carbocycles.